The first-order valence-electron chi connectivity index (χ1n) is 9.93. The number of carbonyl (C=O) groups excluding carboxylic acids is 4. The molecule has 2 aromatic carbocycles. The van der Waals surface area contributed by atoms with Crippen LogP contribution >= 0.6 is 0 Å². The maximum atomic E-state index is 13.2. The van der Waals surface area contributed by atoms with Gasteiger partial charge >= 0.3 is 12.0 Å². The van der Waals surface area contributed by atoms with E-state index in [2.05, 4.69) is 11.9 Å². The molecule has 32 heavy (non-hydrogen) atoms. The lowest BCUT2D eigenvalue weighted by Gasteiger charge is -2.19. The number of benzene rings is 2. The van der Waals surface area contributed by atoms with Gasteiger partial charge in [0, 0.05) is 12.2 Å². The minimum absolute atomic E-state index is 0.0541. The minimum Gasteiger partial charge on any atom is -0.462 e. The van der Waals surface area contributed by atoms with Gasteiger partial charge in [-0.25, -0.2) is 18.9 Å². The van der Waals surface area contributed by atoms with Crippen molar-refractivity contribution < 1.29 is 28.3 Å². The third-order valence-electron chi connectivity index (χ3n) is 4.77. The molecule has 1 N–H and O–H groups in total. The highest BCUT2D eigenvalue weighted by molar-refractivity contribution is 6.22. The van der Waals surface area contributed by atoms with Crippen LogP contribution in [0.3, 0.4) is 0 Å². The highest BCUT2D eigenvalue weighted by Crippen LogP contribution is 2.27. The molecule has 1 fully saturated rings. The predicted octanol–water partition coefficient (Wildman–Crippen LogP) is 3.35. The number of esters is 1. The molecule has 0 aromatic heterocycles. The number of hydrogen-bond donors (Lipinski definition) is 1. The number of nitrogens with zero attached hydrogens (tertiary/aromatic N) is 2. The van der Waals surface area contributed by atoms with E-state index >= 15 is 0 Å². The molecule has 1 aliphatic rings. The fourth-order valence-corrected chi connectivity index (χ4v) is 3.33. The van der Waals surface area contributed by atoms with E-state index in [4.69, 9.17) is 4.74 Å². The van der Waals surface area contributed by atoms with Crippen LogP contribution in [0.2, 0.25) is 0 Å². The Kier molecular flexibility index (Phi) is 6.99. The molecule has 1 aliphatic heterocycles. The molecule has 0 spiro atoms. The first-order chi connectivity index (χ1) is 15.3. The zero-order chi connectivity index (χ0) is 23.3. The van der Waals surface area contributed by atoms with Gasteiger partial charge in [0.2, 0.25) is 5.91 Å². The molecule has 166 valence electrons. The van der Waals surface area contributed by atoms with Gasteiger partial charge in [0.25, 0.3) is 5.91 Å². The Morgan fingerprint density at radius 1 is 1.19 bits per heavy atom. The molecule has 1 saturated heterocycles. The summed E-state index contributed by atoms with van der Waals surface area (Å²) in [5.41, 5.74) is 0.830. The van der Waals surface area contributed by atoms with Gasteiger partial charge in [0.15, 0.2) is 0 Å². The largest absolute Gasteiger partial charge is 0.462 e. The van der Waals surface area contributed by atoms with E-state index < -0.39 is 35.7 Å². The van der Waals surface area contributed by atoms with E-state index in [0.717, 1.165) is 17.0 Å². The summed E-state index contributed by atoms with van der Waals surface area (Å²) in [7, 11) is 0. The smallest absolute Gasteiger partial charge is 0.338 e. The molecule has 1 atom stereocenters. The monoisotopic (exact) mass is 439 g/mol. The summed E-state index contributed by atoms with van der Waals surface area (Å²) in [6.07, 6.45) is 1.15. The van der Waals surface area contributed by atoms with Gasteiger partial charge in [-0.3, -0.25) is 9.59 Å². The summed E-state index contributed by atoms with van der Waals surface area (Å²) in [5.74, 6) is -2.14. The van der Waals surface area contributed by atoms with Crippen molar-refractivity contribution in [1.82, 2.24) is 4.90 Å². The van der Waals surface area contributed by atoms with Crippen LogP contribution in [-0.4, -0.2) is 47.9 Å². The van der Waals surface area contributed by atoms with Crippen molar-refractivity contribution in [3.05, 3.63) is 72.6 Å². The third kappa shape index (κ3) is 4.83. The molecule has 1 unspecified atom stereocenters. The fraction of sp³-hybridized carbons (Fsp3) is 0.217. The van der Waals surface area contributed by atoms with E-state index in [1.807, 2.05) is 0 Å². The van der Waals surface area contributed by atoms with E-state index in [9.17, 15) is 23.6 Å². The standard InChI is InChI=1S/C23H22FN3O5/c1-3-12-26-19(21(29)27(23(26)31)18-10-8-16(24)9-11-18)14-20(28)25-17-7-5-6-15(13-17)22(30)32-4-2/h3,5-11,13,19H,1,4,12,14H2,2H3,(H,25,28). The maximum absolute atomic E-state index is 13.2. The Hall–Kier alpha value is -4.01. The lowest BCUT2D eigenvalue weighted by molar-refractivity contribution is -0.124. The quantitative estimate of drug-likeness (QED) is 0.387. The SMILES string of the molecule is C=CCN1C(=O)N(c2ccc(F)cc2)C(=O)C1CC(=O)Nc1cccc(C(=O)OCC)c1. The predicted molar refractivity (Wildman–Crippen MR) is 116 cm³/mol. The zero-order valence-electron chi connectivity index (χ0n) is 17.4. The van der Waals surface area contributed by atoms with Crippen molar-refractivity contribution >= 4 is 35.2 Å². The Morgan fingerprint density at radius 2 is 1.91 bits per heavy atom. The molecule has 0 radical (unpaired) electrons. The summed E-state index contributed by atoms with van der Waals surface area (Å²) in [4.78, 5) is 52.5. The number of hydrogen-bond acceptors (Lipinski definition) is 5. The van der Waals surface area contributed by atoms with E-state index in [-0.39, 0.29) is 30.8 Å². The number of nitrogens with one attached hydrogen (secondary N) is 1. The van der Waals surface area contributed by atoms with E-state index in [1.165, 1.54) is 29.2 Å². The highest BCUT2D eigenvalue weighted by Gasteiger charge is 2.46. The molecular formula is C23H22FN3O5. The zero-order valence-corrected chi connectivity index (χ0v) is 17.4. The number of halogens is 1. The van der Waals surface area contributed by atoms with Gasteiger partial charge in [0.05, 0.1) is 24.3 Å². The van der Waals surface area contributed by atoms with Crippen molar-refractivity contribution in [3.63, 3.8) is 0 Å². The molecule has 9 heteroatoms. The van der Waals surface area contributed by atoms with Crippen LogP contribution in [0.25, 0.3) is 0 Å². The second-order valence-electron chi connectivity index (χ2n) is 6.94. The molecule has 4 amide bonds. The van der Waals surface area contributed by atoms with Crippen molar-refractivity contribution in [2.75, 3.05) is 23.4 Å². The first-order valence-corrected chi connectivity index (χ1v) is 9.93. The molecule has 0 saturated carbocycles. The number of rotatable bonds is 8. The lowest BCUT2D eigenvalue weighted by Crippen LogP contribution is -2.38. The van der Waals surface area contributed by atoms with Crippen LogP contribution in [0.1, 0.15) is 23.7 Å². The molecule has 0 aliphatic carbocycles. The van der Waals surface area contributed by atoms with Crippen LogP contribution in [-0.2, 0) is 14.3 Å². The highest BCUT2D eigenvalue weighted by atomic mass is 19.1. The Bertz CT molecular complexity index is 1050. The van der Waals surface area contributed by atoms with Crippen molar-refractivity contribution in [1.29, 1.82) is 0 Å². The normalized spacial score (nSPS) is 15.6. The fourth-order valence-electron chi connectivity index (χ4n) is 3.33. The second kappa shape index (κ2) is 9.86. The molecular weight excluding hydrogens is 417 g/mol. The van der Waals surface area contributed by atoms with Gasteiger partial charge in [-0.05, 0) is 49.4 Å². The Morgan fingerprint density at radius 3 is 2.56 bits per heavy atom. The Labute approximate surface area is 184 Å². The Balaban J connectivity index is 1.76. The van der Waals surface area contributed by atoms with Crippen LogP contribution in [0.15, 0.2) is 61.2 Å². The van der Waals surface area contributed by atoms with Crippen LogP contribution in [0.4, 0.5) is 20.6 Å². The molecule has 3 rings (SSSR count). The van der Waals surface area contributed by atoms with Gasteiger partial charge in [-0.15, -0.1) is 6.58 Å². The number of urea groups is 1. The van der Waals surface area contributed by atoms with Crippen LogP contribution in [0, 0.1) is 5.82 Å². The third-order valence-corrected chi connectivity index (χ3v) is 4.77. The van der Waals surface area contributed by atoms with Crippen molar-refractivity contribution in [2.24, 2.45) is 0 Å². The number of anilines is 2. The first kappa shape index (κ1) is 22.7. The summed E-state index contributed by atoms with van der Waals surface area (Å²) >= 11 is 0. The molecule has 2 aromatic rings. The summed E-state index contributed by atoms with van der Waals surface area (Å²) < 4.78 is 18.2. The number of carbonyl (C=O) groups is 4. The number of ether oxygens (including phenoxy) is 1. The van der Waals surface area contributed by atoms with Crippen molar-refractivity contribution in [2.45, 2.75) is 19.4 Å². The lowest BCUT2D eigenvalue weighted by atomic mass is 10.1. The average molecular weight is 439 g/mol. The minimum atomic E-state index is -1.06. The maximum Gasteiger partial charge on any atom is 0.338 e. The summed E-state index contributed by atoms with van der Waals surface area (Å²) in [5, 5.41) is 2.64. The van der Waals surface area contributed by atoms with E-state index in [1.54, 1.807) is 25.1 Å². The molecule has 8 nitrogen and oxygen atoms in total. The van der Waals surface area contributed by atoms with Gasteiger partial charge in [-0.1, -0.05) is 12.1 Å². The van der Waals surface area contributed by atoms with Crippen LogP contribution < -0.4 is 10.2 Å². The van der Waals surface area contributed by atoms with E-state index in [0.29, 0.717) is 5.69 Å². The topological polar surface area (TPSA) is 96.0 Å². The average Bonchev–Trinajstić information content (AvgIpc) is 2.99. The van der Waals surface area contributed by atoms with Crippen LogP contribution in [0.5, 0.6) is 0 Å². The molecule has 0 bridgehead atoms. The number of amides is 4. The van der Waals surface area contributed by atoms with Crippen molar-refractivity contribution in [3.8, 4) is 0 Å². The molecule has 1 heterocycles. The summed E-state index contributed by atoms with van der Waals surface area (Å²) in [6, 6.07) is 9.45. The van der Waals surface area contributed by atoms with Gasteiger partial charge in [0.1, 0.15) is 11.9 Å². The van der Waals surface area contributed by atoms with Gasteiger partial charge < -0.3 is 15.0 Å². The second-order valence-corrected chi connectivity index (χ2v) is 6.94. The van der Waals surface area contributed by atoms with Gasteiger partial charge in [-0.2, -0.15) is 0 Å². The number of imide groups is 1. The summed E-state index contributed by atoms with van der Waals surface area (Å²) in [6.45, 7) is 5.56.